The second-order valence-electron chi connectivity index (χ2n) is 9.26. The van der Waals surface area contributed by atoms with Gasteiger partial charge in [-0.2, -0.15) is 0 Å². The first-order valence-electron chi connectivity index (χ1n) is 12.6. The third kappa shape index (κ3) is 7.33. The maximum Gasteiger partial charge on any atom is 0.344 e. The number of hydrogen-bond donors (Lipinski definition) is 1. The summed E-state index contributed by atoms with van der Waals surface area (Å²) in [6, 6.07) is 24.2. The van der Waals surface area contributed by atoms with E-state index in [1.165, 1.54) is 16.7 Å². The fraction of sp³-hybridized carbons (Fsp3) is 0.367. The number of hydrogen-bond acceptors (Lipinski definition) is 5. The Bertz CT molecular complexity index is 1140. The fourth-order valence-corrected chi connectivity index (χ4v) is 5.07. The van der Waals surface area contributed by atoms with Crippen molar-refractivity contribution in [3.05, 3.63) is 100 Å². The first-order valence-corrected chi connectivity index (χ1v) is 13.0. The van der Waals surface area contributed by atoms with Gasteiger partial charge in [-0.3, -0.25) is 4.90 Å². The number of rotatable bonds is 10. The number of aryl methyl sites for hydroxylation is 1. The lowest BCUT2D eigenvalue weighted by atomic mass is 9.99. The zero-order valence-electron chi connectivity index (χ0n) is 20.7. The van der Waals surface area contributed by atoms with Crippen LogP contribution in [0.25, 0.3) is 0 Å². The van der Waals surface area contributed by atoms with Crippen LogP contribution in [-0.2, 0) is 28.9 Å². The van der Waals surface area contributed by atoms with Crippen LogP contribution in [0.3, 0.4) is 0 Å². The maximum absolute atomic E-state index is 11.7. The van der Waals surface area contributed by atoms with Crippen molar-refractivity contribution in [3.63, 3.8) is 0 Å². The molecule has 5 nitrogen and oxygen atoms in total. The van der Waals surface area contributed by atoms with Crippen molar-refractivity contribution >= 4 is 17.6 Å². The van der Waals surface area contributed by atoms with Crippen molar-refractivity contribution in [1.82, 2.24) is 4.90 Å². The number of esters is 1. The van der Waals surface area contributed by atoms with Gasteiger partial charge in [0, 0.05) is 24.2 Å². The standard InChI is InChI=1S/C30H34ClNO4/c1-2-35-30(34)21-36-28-15-14-23-10-7-13-27(17-25(23)18-28)32(19-22-8-4-3-5-9-22)20-29(33)24-11-6-12-26(31)16-24/h3-6,8-9,11-12,14-16,18,27,29,33H,2,7,10,13,17,19-21H2,1H3. The van der Waals surface area contributed by atoms with Crippen molar-refractivity contribution in [2.24, 2.45) is 0 Å². The van der Waals surface area contributed by atoms with Gasteiger partial charge >= 0.3 is 5.97 Å². The highest BCUT2D eigenvalue weighted by molar-refractivity contribution is 6.30. The van der Waals surface area contributed by atoms with E-state index in [9.17, 15) is 9.90 Å². The SMILES string of the molecule is CCOC(=O)COc1ccc2c(c1)CC(N(Cc1ccccc1)CC(O)c1cccc(Cl)c1)CCC2. The van der Waals surface area contributed by atoms with Gasteiger partial charge in [-0.15, -0.1) is 0 Å². The molecule has 0 fully saturated rings. The highest BCUT2D eigenvalue weighted by atomic mass is 35.5. The molecule has 1 aliphatic carbocycles. The Morgan fingerprint density at radius 1 is 1.08 bits per heavy atom. The molecule has 4 rings (SSSR count). The minimum absolute atomic E-state index is 0.0952. The van der Waals surface area contributed by atoms with E-state index in [0.29, 0.717) is 23.9 Å². The molecule has 36 heavy (non-hydrogen) atoms. The number of nitrogens with zero attached hydrogens (tertiary/aromatic N) is 1. The molecule has 1 N–H and O–H groups in total. The Morgan fingerprint density at radius 3 is 2.69 bits per heavy atom. The van der Waals surface area contributed by atoms with Crippen molar-refractivity contribution in [1.29, 1.82) is 0 Å². The minimum atomic E-state index is -0.644. The molecule has 0 radical (unpaired) electrons. The molecule has 0 saturated heterocycles. The maximum atomic E-state index is 11.7. The predicted molar refractivity (Wildman–Crippen MR) is 142 cm³/mol. The monoisotopic (exact) mass is 507 g/mol. The van der Waals surface area contributed by atoms with Gasteiger partial charge in [-0.05, 0) is 79.1 Å². The molecule has 0 amide bonds. The van der Waals surface area contributed by atoms with Gasteiger partial charge in [0.05, 0.1) is 12.7 Å². The number of ether oxygens (including phenoxy) is 2. The number of halogens is 1. The normalized spacial score (nSPS) is 16.2. The van der Waals surface area contributed by atoms with Gasteiger partial charge in [-0.25, -0.2) is 4.79 Å². The average Bonchev–Trinajstić information content (AvgIpc) is 3.10. The van der Waals surface area contributed by atoms with Crippen LogP contribution in [0.5, 0.6) is 5.75 Å². The molecule has 2 unspecified atom stereocenters. The van der Waals surface area contributed by atoms with Gasteiger partial charge in [-0.1, -0.05) is 60.1 Å². The largest absolute Gasteiger partial charge is 0.482 e. The van der Waals surface area contributed by atoms with E-state index in [1.54, 1.807) is 6.92 Å². The van der Waals surface area contributed by atoms with Gasteiger partial charge < -0.3 is 14.6 Å². The number of carbonyl (C=O) groups is 1. The van der Waals surface area contributed by atoms with Crippen LogP contribution in [-0.4, -0.2) is 41.8 Å². The summed E-state index contributed by atoms with van der Waals surface area (Å²) in [6.07, 6.45) is 3.30. The van der Waals surface area contributed by atoms with Gasteiger partial charge in [0.1, 0.15) is 5.75 Å². The topological polar surface area (TPSA) is 59.0 Å². The molecule has 3 aromatic carbocycles. The number of benzene rings is 3. The van der Waals surface area contributed by atoms with Crippen molar-refractivity contribution < 1.29 is 19.4 Å². The van der Waals surface area contributed by atoms with Crippen LogP contribution in [0, 0.1) is 0 Å². The Hall–Kier alpha value is -2.86. The van der Waals surface area contributed by atoms with Gasteiger partial charge in [0.2, 0.25) is 0 Å². The molecule has 6 heteroatoms. The summed E-state index contributed by atoms with van der Waals surface area (Å²) in [5.74, 6) is 0.311. The van der Waals surface area contributed by atoms with E-state index in [4.69, 9.17) is 21.1 Å². The first-order chi connectivity index (χ1) is 17.5. The molecule has 190 valence electrons. The van der Waals surface area contributed by atoms with E-state index in [1.807, 2.05) is 36.4 Å². The number of aliphatic hydroxyl groups is 1. The quantitative estimate of drug-likeness (QED) is 0.279. The van der Waals surface area contributed by atoms with E-state index in [2.05, 4.69) is 41.3 Å². The van der Waals surface area contributed by atoms with Gasteiger partial charge in [0.25, 0.3) is 0 Å². The summed E-state index contributed by atoms with van der Waals surface area (Å²) in [6.45, 7) is 3.28. The molecular weight excluding hydrogens is 474 g/mol. The Labute approximate surface area is 218 Å². The smallest absolute Gasteiger partial charge is 0.344 e. The molecule has 0 aliphatic heterocycles. The lowest BCUT2D eigenvalue weighted by Crippen LogP contribution is -2.39. The summed E-state index contributed by atoms with van der Waals surface area (Å²) in [5.41, 5.74) is 4.58. The molecule has 0 bridgehead atoms. The van der Waals surface area contributed by atoms with Crippen molar-refractivity contribution in [2.75, 3.05) is 19.8 Å². The summed E-state index contributed by atoms with van der Waals surface area (Å²) < 4.78 is 10.7. The van der Waals surface area contributed by atoms with Crippen molar-refractivity contribution in [3.8, 4) is 5.75 Å². The second-order valence-corrected chi connectivity index (χ2v) is 9.70. The van der Waals surface area contributed by atoms with Crippen molar-refractivity contribution in [2.45, 2.75) is 51.3 Å². The molecule has 3 aromatic rings. The van der Waals surface area contributed by atoms with Crippen LogP contribution >= 0.6 is 11.6 Å². The van der Waals surface area contributed by atoms with Crippen LogP contribution in [0.15, 0.2) is 72.8 Å². The number of carbonyl (C=O) groups excluding carboxylic acids is 1. The van der Waals surface area contributed by atoms with E-state index < -0.39 is 6.10 Å². The van der Waals surface area contributed by atoms with E-state index in [0.717, 1.165) is 37.8 Å². The second kappa shape index (κ2) is 12.9. The van der Waals surface area contributed by atoms with Gasteiger partial charge in [0.15, 0.2) is 6.61 Å². The lowest BCUT2D eigenvalue weighted by molar-refractivity contribution is -0.145. The van der Waals surface area contributed by atoms with E-state index in [-0.39, 0.29) is 18.6 Å². The number of fused-ring (bicyclic) bond motifs is 1. The third-order valence-corrected chi connectivity index (χ3v) is 6.90. The molecule has 0 spiro atoms. The minimum Gasteiger partial charge on any atom is -0.482 e. The third-order valence-electron chi connectivity index (χ3n) is 6.66. The number of aliphatic hydroxyl groups excluding tert-OH is 1. The Morgan fingerprint density at radius 2 is 1.92 bits per heavy atom. The lowest BCUT2D eigenvalue weighted by Gasteiger charge is -2.33. The molecular formula is C30H34ClNO4. The van der Waals surface area contributed by atoms with Crippen LogP contribution in [0.1, 0.15) is 48.1 Å². The Balaban J connectivity index is 1.54. The highest BCUT2D eigenvalue weighted by Gasteiger charge is 2.26. The van der Waals surface area contributed by atoms with E-state index >= 15 is 0 Å². The predicted octanol–water partition coefficient (Wildman–Crippen LogP) is 5.77. The average molecular weight is 508 g/mol. The molecule has 0 aromatic heterocycles. The fourth-order valence-electron chi connectivity index (χ4n) is 4.87. The zero-order chi connectivity index (χ0) is 25.3. The molecule has 0 saturated carbocycles. The highest BCUT2D eigenvalue weighted by Crippen LogP contribution is 2.29. The van der Waals surface area contributed by atoms with Crippen LogP contribution in [0.4, 0.5) is 0 Å². The first kappa shape index (κ1) is 26.2. The molecule has 0 heterocycles. The summed E-state index contributed by atoms with van der Waals surface area (Å²) in [5, 5.41) is 11.8. The van der Waals surface area contributed by atoms with Crippen LogP contribution < -0.4 is 4.74 Å². The molecule has 2 atom stereocenters. The zero-order valence-corrected chi connectivity index (χ0v) is 21.5. The summed E-state index contributed by atoms with van der Waals surface area (Å²) in [7, 11) is 0. The Kier molecular flexibility index (Phi) is 9.40. The molecule has 1 aliphatic rings. The summed E-state index contributed by atoms with van der Waals surface area (Å²) >= 11 is 6.19. The summed E-state index contributed by atoms with van der Waals surface area (Å²) in [4.78, 5) is 14.1. The van der Waals surface area contributed by atoms with Crippen LogP contribution in [0.2, 0.25) is 5.02 Å².